The third kappa shape index (κ3) is 5.66. The van der Waals surface area contributed by atoms with Crippen molar-refractivity contribution in [3.05, 3.63) is 59.4 Å². The van der Waals surface area contributed by atoms with Crippen LogP contribution in [0.2, 0.25) is 0 Å². The number of carbonyl (C=O) groups excluding carboxylic acids is 1. The van der Waals surface area contributed by atoms with Crippen molar-refractivity contribution in [2.24, 2.45) is 0 Å². The molecule has 1 unspecified atom stereocenters. The number of aromatic nitrogens is 3. The molecule has 0 saturated carbocycles. The van der Waals surface area contributed by atoms with Crippen molar-refractivity contribution < 1.29 is 18.0 Å². The molecule has 1 amide bonds. The number of rotatable bonds is 6. The Balaban J connectivity index is 1.38. The van der Waals surface area contributed by atoms with Crippen molar-refractivity contribution in [2.75, 3.05) is 37.6 Å². The summed E-state index contributed by atoms with van der Waals surface area (Å²) in [5.74, 6) is -0.0802. The molecule has 1 aromatic carbocycles. The molecule has 3 aromatic rings. The zero-order chi connectivity index (χ0) is 23.4. The monoisotopic (exact) mass is 476 g/mol. The summed E-state index contributed by atoms with van der Waals surface area (Å²) in [4.78, 5) is 28.8. The fourth-order valence-corrected chi connectivity index (χ4v) is 4.67. The molecule has 0 aliphatic carbocycles. The Morgan fingerprint density at radius 1 is 1.09 bits per heavy atom. The molecule has 1 atom stereocenters. The van der Waals surface area contributed by atoms with Crippen molar-refractivity contribution in [1.29, 1.82) is 0 Å². The van der Waals surface area contributed by atoms with Gasteiger partial charge in [0.2, 0.25) is 5.95 Å². The van der Waals surface area contributed by atoms with Crippen LogP contribution in [0.3, 0.4) is 0 Å². The molecule has 174 valence electrons. The number of amides is 1. The Morgan fingerprint density at radius 3 is 2.39 bits per heavy atom. The molecule has 1 saturated heterocycles. The van der Waals surface area contributed by atoms with Crippen LogP contribution in [0.15, 0.2) is 48.8 Å². The average Bonchev–Trinajstić information content (AvgIpc) is 3.27. The van der Waals surface area contributed by atoms with E-state index in [1.807, 2.05) is 0 Å². The molecule has 33 heavy (non-hydrogen) atoms. The number of halogens is 3. The zero-order valence-electron chi connectivity index (χ0n) is 17.9. The lowest BCUT2D eigenvalue weighted by molar-refractivity contribution is -0.141. The summed E-state index contributed by atoms with van der Waals surface area (Å²) in [5.41, 5.74) is -0.604. The molecule has 3 heterocycles. The second kappa shape index (κ2) is 9.84. The van der Waals surface area contributed by atoms with Crippen LogP contribution in [0.1, 0.15) is 22.3 Å². The van der Waals surface area contributed by atoms with E-state index < -0.39 is 22.7 Å². The quantitative estimate of drug-likeness (QED) is 0.587. The molecule has 0 spiro atoms. The van der Waals surface area contributed by atoms with E-state index in [2.05, 4.69) is 30.1 Å². The van der Waals surface area contributed by atoms with Crippen LogP contribution in [0.4, 0.5) is 19.1 Å². The van der Waals surface area contributed by atoms with E-state index in [4.69, 9.17) is 0 Å². The number of nitrogens with one attached hydrogen (secondary N) is 1. The van der Waals surface area contributed by atoms with E-state index in [1.54, 1.807) is 55.7 Å². The molecule has 4 rings (SSSR count). The van der Waals surface area contributed by atoms with Crippen molar-refractivity contribution in [2.45, 2.75) is 19.1 Å². The minimum absolute atomic E-state index is 0.167. The maximum absolute atomic E-state index is 13.6. The van der Waals surface area contributed by atoms with Crippen LogP contribution in [-0.4, -0.2) is 64.5 Å². The summed E-state index contributed by atoms with van der Waals surface area (Å²) < 4.78 is 40.7. The third-order valence-corrected chi connectivity index (χ3v) is 6.34. The highest BCUT2D eigenvalue weighted by atomic mass is 32.1. The first-order chi connectivity index (χ1) is 15.8. The van der Waals surface area contributed by atoms with E-state index in [-0.39, 0.29) is 11.0 Å². The van der Waals surface area contributed by atoms with E-state index >= 15 is 0 Å². The van der Waals surface area contributed by atoms with Gasteiger partial charge in [-0.05, 0) is 13.0 Å². The van der Waals surface area contributed by atoms with Gasteiger partial charge in [-0.15, -0.1) is 11.3 Å². The first-order valence-corrected chi connectivity index (χ1v) is 11.3. The molecule has 1 aliphatic heterocycles. The molecule has 1 aliphatic rings. The standard InChI is InChI=1S/C22H23F3N6OS/c1-15(14-30-10-12-31(13-11-30)21-26-8-5-9-27-21)28-19(32)17-18(22(23,24)25)29-20(33-17)16-6-3-2-4-7-16/h2-9,15H,10-14H2,1H3,(H,28,32). The summed E-state index contributed by atoms with van der Waals surface area (Å²) in [7, 11) is 0. The van der Waals surface area contributed by atoms with Gasteiger partial charge in [0.15, 0.2) is 5.69 Å². The number of alkyl halides is 3. The van der Waals surface area contributed by atoms with E-state index in [0.29, 0.717) is 18.1 Å². The topological polar surface area (TPSA) is 74.2 Å². The van der Waals surface area contributed by atoms with Gasteiger partial charge in [0.1, 0.15) is 9.88 Å². The number of hydrogen-bond donors (Lipinski definition) is 1. The van der Waals surface area contributed by atoms with Gasteiger partial charge in [0.25, 0.3) is 5.91 Å². The Kier molecular flexibility index (Phi) is 6.89. The van der Waals surface area contributed by atoms with E-state index in [1.165, 1.54) is 0 Å². The van der Waals surface area contributed by atoms with Crippen molar-refractivity contribution in [3.63, 3.8) is 0 Å². The van der Waals surface area contributed by atoms with E-state index in [9.17, 15) is 18.0 Å². The van der Waals surface area contributed by atoms with Crippen LogP contribution in [0.5, 0.6) is 0 Å². The average molecular weight is 477 g/mol. The van der Waals surface area contributed by atoms with Crippen LogP contribution < -0.4 is 10.2 Å². The van der Waals surface area contributed by atoms with Gasteiger partial charge in [-0.25, -0.2) is 15.0 Å². The molecule has 1 fully saturated rings. The highest BCUT2D eigenvalue weighted by molar-refractivity contribution is 7.17. The molecule has 0 bridgehead atoms. The number of piperazine rings is 1. The molecular weight excluding hydrogens is 453 g/mol. The van der Waals surface area contributed by atoms with Gasteiger partial charge in [0.05, 0.1) is 0 Å². The van der Waals surface area contributed by atoms with Crippen LogP contribution in [-0.2, 0) is 6.18 Å². The predicted molar refractivity (Wildman–Crippen MR) is 120 cm³/mol. The lowest BCUT2D eigenvalue weighted by Gasteiger charge is -2.35. The Hall–Kier alpha value is -3.05. The Labute approximate surface area is 193 Å². The number of hydrogen-bond acceptors (Lipinski definition) is 7. The Bertz CT molecular complexity index is 1070. The summed E-state index contributed by atoms with van der Waals surface area (Å²) in [5, 5.41) is 2.88. The number of anilines is 1. The minimum Gasteiger partial charge on any atom is -0.348 e. The van der Waals surface area contributed by atoms with Gasteiger partial charge in [0, 0.05) is 56.7 Å². The van der Waals surface area contributed by atoms with Crippen LogP contribution in [0, 0.1) is 0 Å². The highest BCUT2D eigenvalue weighted by Gasteiger charge is 2.40. The smallest absolute Gasteiger partial charge is 0.348 e. The van der Waals surface area contributed by atoms with Gasteiger partial charge in [-0.2, -0.15) is 13.2 Å². The number of benzene rings is 1. The largest absolute Gasteiger partial charge is 0.435 e. The maximum atomic E-state index is 13.6. The lowest BCUT2D eigenvalue weighted by atomic mass is 10.2. The summed E-state index contributed by atoms with van der Waals surface area (Å²) in [6, 6.07) is 9.97. The first-order valence-electron chi connectivity index (χ1n) is 10.5. The van der Waals surface area contributed by atoms with E-state index in [0.717, 1.165) is 37.5 Å². The van der Waals surface area contributed by atoms with Gasteiger partial charge >= 0.3 is 6.18 Å². The van der Waals surface area contributed by atoms with Crippen LogP contribution >= 0.6 is 11.3 Å². The second-order valence-electron chi connectivity index (χ2n) is 7.77. The SMILES string of the molecule is CC(CN1CCN(c2ncccn2)CC1)NC(=O)c1sc(-c2ccccc2)nc1C(F)(F)F. The Morgan fingerprint density at radius 2 is 1.76 bits per heavy atom. The molecule has 7 nitrogen and oxygen atoms in total. The van der Waals surface area contributed by atoms with Crippen molar-refractivity contribution in [3.8, 4) is 10.6 Å². The van der Waals surface area contributed by atoms with Crippen molar-refractivity contribution >= 4 is 23.2 Å². The first kappa shape index (κ1) is 23.1. The fraction of sp³-hybridized carbons (Fsp3) is 0.364. The molecule has 1 N–H and O–H groups in total. The zero-order valence-corrected chi connectivity index (χ0v) is 18.7. The summed E-state index contributed by atoms with van der Waals surface area (Å²) >= 11 is 0.756. The normalized spacial score (nSPS) is 15.9. The van der Waals surface area contributed by atoms with Gasteiger partial charge in [-0.3, -0.25) is 9.69 Å². The maximum Gasteiger partial charge on any atom is 0.435 e. The summed E-state index contributed by atoms with van der Waals surface area (Å²) in [6.45, 7) is 5.27. The number of thiazole rings is 1. The highest BCUT2D eigenvalue weighted by Crippen LogP contribution is 2.37. The third-order valence-electron chi connectivity index (χ3n) is 5.24. The van der Waals surface area contributed by atoms with Crippen LogP contribution in [0.25, 0.3) is 10.6 Å². The molecule has 2 aromatic heterocycles. The lowest BCUT2D eigenvalue weighted by Crippen LogP contribution is -2.51. The molecule has 0 radical (unpaired) electrons. The van der Waals surface area contributed by atoms with Crippen molar-refractivity contribution in [1.82, 2.24) is 25.2 Å². The molecule has 11 heteroatoms. The fourth-order valence-electron chi connectivity index (χ4n) is 3.68. The summed E-state index contributed by atoms with van der Waals surface area (Å²) in [6.07, 6.45) is -1.32. The number of carbonyl (C=O) groups is 1. The van der Waals surface area contributed by atoms with Gasteiger partial charge in [-0.1, -0.05) is 30.3 Å². The van der Waals surface area contributed by atoms with Gasteiger partial charge < -0.3 is 10.2 Å². The minimum atomic E-state index is -4.71. The predicted octanol–water partition coefficient (Wildman–Crippen LogP) is 3.56. The number of nitrogens with zero attached hydrogens (tertiary/aromatic N) is 5. The molecular formula is C22H23F3N6OS. The second-order valence-corrected chi connectivity index (χ2v) is 8.77.